The van der Waals surface area contributed by atoms with Crippen molar-refractivity contribution in [2.75, 3.05) is 45.2 Å². The normalized spacial score (nSPS) is 18.9. The van der Waals surface area contributed by atoms with Gasteiger partial charge in [0.05, 0.1) is 24.5 Å². The molecule has 0 bridgehead atoms. The molecule has 1 aliphatic carbocycles. The van der Waals surface area contributed by atoms with E-state index < -0.39 is 0 Å². The van der Waals surface area contributed by atoms with E-state index in [1.807, 2.05) is 6.20 Å². The van der Waals surface area contributed by atoms with E-state index in [2.05, 4.69) is 93.9 Å². The van der Waals surface area contributed by atoms with Gasteiger partial charge >= 0.3 is 0 Å². The lowest BCUT2D eigenvalue weighted by molar-refractivity contribution is 0.102. The lowest BCUT2D eigenvalue weighted by Crippen LogP contribution is -2.45. The molecule has 3 aromatic heterocycles. The van der Waals surface area contributed by atoms with Gasteiger partial charge in [-0.05, 0) is 74.2 Å². The summed E-state index contributed by atoms with van der Waals surface area (Å²) in [6.45, 7) is 7.30. The lowest BCUT2D eigenvalue weighted by Gasteiger charge is -2.40. The van der Waals surface area contributed by atoms with Crippen LogP contribution in [-0.4, -0.2) is 64.5 Å². The van der Waals surface area contributed by atoms with Crippen LogP contribution in [0.4, 0.5) is 5.82 Å². The highest BCUT2D eigenvalue weighted by Gasteiger charge is 2.33. The number of nitrogens with zero attached hydrogens (tertiary/aromatic N) is 6. The molecule has 0 saturated carbocycles. The average Bonchev–Trinajstić information content (AvgIpc) is 3.40. The predicted molar refractivity (Wildman–Crippen MR) is 156 cm³/mol. The summed E-state index contributed by atoms with van der Waals surface area (Å²) in [6.07, 6.45) is 8.62. The summed E-state index contributed by atoms with van der Waals surface area (Å²) in [5.41, 5.74) is 6.05. The summed E-state index contributed by atoms with van der Waals surface area (Å²) in [4.78, 5) is 17.6. The molecule has 1 fully saturated rings. The van der Waals surface area contributed by atoms with Crippen LogP contribution >= 0.6 is 0 Å². The first-order valence-electron chi connectivity index (χ1n) is 14.4. The molecule has 1 aliphatic heterocycles. The topological polar surface area (TPSA) is 49.1 Å². The number of pyridine rings is 2. The van der Waals surface area contributed by atoms with Crippen molar-refractivity contribution in [1.29, 1.82) is 0 Å². The minimum Gasteiger partial charge on any atom is -0.497 e. The molecule has 7 heteroatoms. The van der Waals surface area contributed by atoms with Gasteiger partial charge in [0.2, 0.25) is 0 Å². The van der Waals surface area contributed by atoms with E-state index in [4.69, 9.17) is 14.7 Å². The number of methoxy groups -OCH3 is 1. The molecule has 2 atom stereocenters. The maximum absolute atomic E-state index is 5.46. The van der Waals surface area contributed by atoms with Crippen LogP contribution < -0.4 is 9.64 Å². The maximum atomic E-state index is 5.46. The molecule has 204 valence electrons. The SMILES string of the molecule is CC[C@@H](c1ccc(OC)cc1)N(Cc1cn2c(N3CCN(C)CC3)cccc2n1)[C@H]1CCCc2cccnc21. The van der Waals surface area contributed by atoms with E-state index >= 15 is 0 Å². The van der Waals surface area contributed by atoms with E-state index in [1.165, 1.54) is 29.1 Å². The summed E-state index contributed by atoms with van der Waals surface area (Å²) in [6, 6.07) is 19.9. The second kappa shape index (κ2) is 11.4. The first kappa shape index (κ1) is 25.8. The van der Waals surface area contributed by atoms with Gasteiger partial charge < -0.3 is 14.5 Å². The Labute approximate surface area is 232 Å². The van der Waals surface area contributed by atoms with Crippen LogP contribution in [0.25, 0.3) is 5.65 Å². The number of piperazine rings is 1. The van der Waals surface area contributed by atoms with Crippen molar-refractivity contribution in [2.24, 2.45) is 0 Å². The molecular weight excluding hydrogens is 484 g/mol. The number of ether oxygens (including phenoxy) is 1. The van der Waals surface area contributed by atoms with E-state index in [0.29, 0.717) is 0 Å². The third-order valence-corrected chi connectivity index (χ3v) is 8.55. The summed E-state index contributed by atoms with van der Waals surface area (Å²) in [5, 5.41) is 0. The van der Waals surface area contributed by atoms with Crippen LogP contribution in [-0.2, 0) is 13.0 Å². The second-order valence-corrected chi connectivity index (χ2v) is 11.0. The van der Waals surface area contributed by atoms with Gasteiger partial charge in [-0.1, -0.05) is 31.2 Å². The van der Waals surface area contributed by atoms with Crippen molar-refractivity contribution >= 4 is 11.5 Å². The molecule has 0 spiro atoms. The first-order valence-corrected chi connectivity index (χ1v) is 14.4. The fraction of sp³-hybridized carbons (Fsp3) is 0.438. The number of aromatic nitrogens is 3. The minimum atomic E-state index is 0.246. The standard InChI is InChI=1S/C32H40N6O/c1-4-28(24-13-15-27(39-3)16-14-24)37(29-10-5-8-25-9-7-17-33-32(25)29)22-26-23-38-30(34-26)11-6-12-31(38)36-20-18-35(2)19-21-36/h6-7,9,11-17,23,28-29H,4-5,8,10,18-22H2,1-3H3/t28-,29-/m0/s1. The van der Waals surface area contributed by atoms with Crippen molar-refractivity contribution in [1.82, 2.24) is 24.2 Å². The van der Waals surface area contributed by atoms with Gasteiger partial charge in [-0.2, -0.15) is 0 Å². The van der Waals surface area contributed by atoms with Gasteiger partial charge in [-0.15, -0.1) is 0 Å². The molecule has 0 radical (unpaired) electrons. The van der Waals surface area contributed by atoms with Gasteiger partial charge in [-0.3, -0.25) is 14.3 Å². The Kier molecular flexibility index (Phi) is 7.53. The summed E-state index contributed by atoms with van der Waals surface area (Å²) in [5.74, 6) is 2.12. The Morgan fingerprint density at radius 1 is 1.03 bits per heavy atom. The molecule has 1 aromatic carbocycles. The highest BCUT2D eigenvalue weighted by atomic mass is 16.5. The Hall–Kier alpha value is -3.42. The number of anilines is 1. The number of rotatable bonds is 8. The zero-order valence-electron chi connectivity index (χ0n) is 23.5. The Bertz CT molecular complexity index is 1390. The fourth-order valence-corrected chi connectivity index (χ4v) is 6.44. The minimum absolute atomic E-state index is 0.246. The molecule has 39 heavy (non-hydrogen) atoms. The highest BCUT2D eigenvalue weighted by Crippen LogP contribution is 2.40. The molecule has 0 unspecified atom stereocenters. The lowest BCUT2D eigenvalue weighted by atomic mass is 9.88. The molecule has 1 saturated heterocycles. The number of hydrogen-bond donors (Lipinski definition) is 0. The van der Waals surface area contributed by atoms with Crippen LogP contribution in [0, 0.1) is 0 Å². The monoisotopic (exact) mass is 524 g/mol. The van der Waals surface area contributed by atoms with Gasteiger partial charge in [0.25, 0.3) is 0 Å². The summed E-state index contributed by atoms with van der Waals surface area (Å²) >= 11 is 0. The summed E-state index contributed by atoms with van der Waals surface area (Å²) in [7, 11) is 3.93. The number of aryl methyl sites for hydroxylation is 1. The average molecular weight is 525 g/mol. The van der Waals surface area contributed by atoms with Crippen LogP contribution in [0.1, 0.15) is 60.8 Å². The van der Waals surface area contributed by atoms with Crippen LogP contribution in [0.2, 0.25) is 0 Å². The molecule has 6 rings (SSSR count). The van der Waals surface area contributed by atoms with Gasteiger partial charge in [0.15, 0.2) is 0 Å². The third kappa shape index (κ3) is 5.25. The Morgan fingerprint density at radius 3 is 2.62 bits per heavy atom. The third-order valence-electron chi connectivity index (χ3n) is 8.55. The predicted octanol–water partition coefficient (Wildman–Crippen LogP) is 5.52. The Balaban J connectivity index is 1.37. The van der Waals surface area contributed by atoms with Crippen molar-refractivity contribution in [3.8, 4) is 5.75 Å². The molecule has 2 aliphatic rings. The van der Waals surface area contributed by atoms with Crippen molar-refractivity contribution in [3.05, 3.63) is 89.5 Å². The van der Waals surface area contributed by atoms with Crippen LogP contribution in [0.5, 0.6) is 5.75 Å². The highest BCUT2D eigenvalue weighted by molar-refractivity contribution is 5.53. The van der Waals surface area contributed by atoms with Gasteiger partial charge in [0, 0.05) is 51.2 Å². The van der Waals surface area contributed by atoms with E-state index in [1.54, 1.807) is 7.11 Å². The molecule has 0 amide bonds. The zero-order valence-corrected chi connectivity index (χ0v) is 23.5. The first-order chi connectivity index (χ1) is 19.1. The quantitative estimate of drug-likeness (QED) is 0.303. The number of benzene rings is 1. The largest absolute Gasteiger partial charge is 0.497 e. The fourth-order valence-electron chi connectivity index (χ4n) is 6.44. The van der Waals surface area contributed by atoms with Crippen molar-refractivity contribution in [3.63, 3.8) is 0 Å². The Morgan fingerprint density at radius 2 is 1.85 bits per heavy atom. The zero-order chi connectivity index (χ0) is 26.8. The molecule has 0 N–H and O–H groups in total. The second-order valence-electron chi connectivity index (χ2n) is 11.0. The number of fused-ring (bicyclic) bond motifs is 2. The van der Waals surface area contributed by atoms with Gasteiger partial charge in [-0.25, -0.2) is 4.98 Å². The van der Waals surface area contributed by atoms with E-state index in [9.17, 15) is 0 Å². The number of likely N-dealkylation sites (N-methyl/N-ethyl adjacent to an activating group) is 1. The smallest absolute Gasteiger partial charge is 0.138 e. The van der Waals surface area contributed by atoms with Crippen molar-refractivity contribution < 1.29 is 4.74 Å². The van der Waals surface area contributed by atoms with Crippen LogP contribution in [0.15, 0.2) is 67.0 Å². The molecular formula is C32H40N6O. The maximum Gasteiger partial charge on any atom is 0.138 e. The van der Waals surface area contributed by atoms with Crippen molar-refractivity contribution in [2.45, 2.75) is 51.2 Å². The molecule has 4 heterocycles. The number of imidazole rings is 1. The molecule has 4 aromatic rings. The molecule has 7 nitrogen and oxygen atoms in total. The van der Waals surface area contributed by atoms with E-state index in [-0.39, 0.29) is 12.1 Å². The number of hydrogen-bond acceptors (Lipinski definition) is 6. The van der Waals surface area contributed by atoms with Gasteiger partial charge in [0.1, 0.15) is 17.2 Å². The van der Waals surface area contributed by atoms with Crippen LogP contribution in [0.3, 0.4) is 0 Å². The summed E-state index contributed by atoms with van der Waals surface area (Å²) < 4.78 is 7.75. The van der Waals surface area contributed by atoms with E-state index in [0.717, 1.165) is 69.1 Å².